The molecule has 0 bridgehead atoms. The predicted octanol–water partition coefficient (Wildman–Crippen LogP) is 1.30. The fourth-order valence-electron chi connectivity index (χ4n) is 5.60. The molecule has 0 unspecified atom stereocenters. The number of nitrogens with two attached hydrogens (primary N) is 1. The molecule has 7 N–H and O–H groups in total. The molecule has 0 aromatic heterocycles. The lowest BCUT2D eigenvalue weighted by molar-refractivity contribution is -0.384. The van der Waals surface area contributed by atoms with E-state index in [1.165, 1.54) is 48.5 Å². The van der Waals surface area contributed by atoms with Gasteiger partial charge in [-0.25, -0.2) is 0 Å². The highest BCUT2D eigenvalue weighted by molar-refractivity contribution is 6.23. The molecule has 194 valence electrons. The number of phenolic OH excluding ortho intramolecular Hbond substituents is 1. The molecule has 3 aliphatic rings. The summed E-state index contributed by atoms with van der Waals surface area (Å²) in [5.41, 5.74) is 0.760. The average molecular weight is 520 g/mol. The number of aliphatic hydroxyl groups is 4. The molecule has 1 fully saturated rings. The zero-order chi connectivity index (χ0) is 27.7. The second-order valence-corrected chi connectivity index (χ2v) is 9.30. The van der Waals surface area contributed by atoms with Gasteiger partial charge in [0.05, 0.1) is 22.2 Å². The van der Waals surface area contributed by atoms with Crippen LogP contribution >= 0.6 is 0 Å². The first-order valence-corrected chi connectivity index (χ1v) is 11.3. The van der Waals surface area contributed by atoms with Gasteiger partial charge in [-0.2, -0.15) is 0 Å². The fourth-order valence-corrected chi connectivity index (χ4v) is 5.60. The minimum absolute atomic E-state index is 0.142. The number of fused-ring (bicyclic) bond motifs is 3. The lowest BCUT2D eigenvalue weighted by Crippen LogP contribution is -2.63. The van der Waals surface area contributed by atoms with Crippen molar-refractivity contribution in [1.29, 1.82) is 0 Å². The molecule has 1 amide bonds. The molecule has 0 saturated heterocycles. The molecule has 4 atom stereocenters. The maximum Gasteiger partial charge on any atom is 0.270 e. The number of non-ortho nitro benzene ring substituents is 1. The second kappa shape index (κ2) is 8.36. The number of benzene rings is 2. The van der Waals surface area contributed by atoms with Crippen LogP contribution in [0.4, 0.5) is 5.69 Å². The van der Waals surface area contributed by atoms with E-state index in [1.807, 2.05) is 0 Å². The Morgan fingerprint density at radius 2 is 1.82 bits per heavy atom. The summed E-state index contributed by atoms with van der Waals surface area (Å²) in [5, 5.41) is 66.6. The summed E-state index contributed by atoms with van der Waals surface area (Å²) in [7, 11) is 0. The summed E-state index contributed by atoms with van der Waals surface area (Å²) in [4.78, 5) is 48.9. The van der Waals surface area contributed by atoms with Crippen molar-refractivity contribution in [2.45, 2.75) is 18.1 Å². The molecule has 0 radical (unpaired) electrons. The first kappa shape index (κ1) is 24.9. The Labute approximate surface area is 213 Å². The fraction of sp³-hybridized carbons (Fsp3) is 0.192. The standard InChI is InChI=1S/C26H20N2O10/c27-25(35)19-16(30)9-14-21(31)18-13(8-10-3-1-4-11(7-10)28(37)38)12-5-2-6-15(29)17(12)22(32)20(18)24(34)26(14,36)23(19)33/h1-8,14,18,21,29,31-33,36H,9H2,(H2,27,35)/t14-,18-,21-,26-/m1/s1. The first-order chi connectivity index (χ1) is 17.9. The van der Waals surface area contributed by atoms with Crippen LogP contribution in [0.3, 0.4) is 0 Å². The lowest BCUT2D eigenvalue weighted by Gasteiger charge is -2.49. The smallest absolute Gasteiger partial charge is 0.270 e. The van der Waals surface area contributed by atoms with Crippen LogP contribution in [0.2, 0.25) is 0 Å². The summed E-state index contributed by atoms with van der Waals surface area (Å²) in [5.74, 6) is -9.30. The SMILES string of the molecule is NC(=O)C1=C(O)[C@@]2(O)C(=O)C3=C(O)c4c(O)cccc4C(=Cc4cccc([N+](=O)[O-])c4)[C@H]3[C@H](O)[C@H]2CC1=O. The molecular formula is C26H20N2O10. The van der Waals surface area contributed by atoms with E-state index in [1.54, 1.807) is 0 Å². The van der Waals surface area contributed by atoms with E-state index < -0.39 is 80.8 Å². The third kappa shape index (κ3) is 3.27. The van der Waals surface area contributed by atoms with Crippen molar-refractivity contribution in [2.75, 3.05) is 0 Å². The van der Waals surface area contributed by atoms with Gasteiger partial charge in [-0.15, -0.1) is 0 Å². The summed E-state index contributed by atoms with van der Waals surface area (Å²) in [6.07, 6.45) is -1.10. The van der Waals surface area contributed by atoms with Crippen LogP contribution in [0.1, 0.15) is 23.1 Å². The first-order valence-electron chi connectivity index (χ1n) is 11.3. The van der Waals surface area contributed by atoms with E-state index in [0.29, 0.717) is 0 Å². The van der Waals surface area contributed by atoms with E-state index in [2.05, 4.69) is 0 Å². The molecule has 2 aromatic rings. The van der Waals surface area contributed by atoms with Gasteiger partial charge in [-0.05, 0) is 22.8 Å². The molecule has 12 heteroatoms. The molecule has 0 heterocycles. The predicted molar refractivity (Wildman–Crippen MR) is 130 cm³/mol. The van der Waals surface area contributed by atoms with Crippen molar-refractivity contribution in [2.24, 2.45) is 17.6 Å². The van der Waals surface area contributed by atoms with Crippen molar-refractivity contribution >= 4 is 40.6 Å². The van der Waals surface area contributed by atoms with E-state index >= 15 is 0 Å². The van der Waals surface area contributed by atoms with Gasteiger partial charge >= 0.3 is 0 Å². The average Bonchev–Trinajstić information content (AvgIpc) is 2.86. The highest BCUT2D eigenvalue weighted by atomic mass is 16.6. The molecule has 2 aromatic carbocycles. The number of carbonyl (C=O) groups excluding carboxylic acids is 3. The highest BCUT2D eigenvalue weighted by Crippen LogP contribution is 2.55. The van der Waals surface area contributed by atoms with E-state index in [4.69, 9.17) is 5.73 Å². The van der Waals surface area contributed by atoms with Gasteiger partial charge in [0.2, 0.25) is 5.78 Å². The Kier molecular flexibility index (Phi) is 5.47. The minimum atomic E-state index is -2.98. The third-order valence-corrected chi connectivity index (χ3v) is 7.30. The minimum Gasteiger partial charge on any atom is -0.508 e. The molecule has 1 saturated carbocycles. The summed E-state index contributed by atoms with van der Waals surface area (Å²) < 4.78 is 0. The van der Waals surface area contributed by atoms with Crippen LogP contribution in [-0.4, -0.2) is 59.6 Å². The van der Waals surface area contributed by atoms with Crippen molar-refractivity contribution in [3.05, 3.63) is 86.2 Å². The van der Waals surface area contributed by atoms with E-state index in [0.717, 1.165) is 0 Å². The number of hydrogen-bond donors (Lipinski definition) is 6. The number of Topliss-reactive ketones (excluding diaryl/α,β-unsaturated/α-hetero) is 2. The molecule has 0 aliphatic heterocycles. The van der Waals surface area contributed by atoms with Gasteiger partial charge in [-0.3, -0.25) is 24.5 Å². The third-order valence-electron chi connectivity index (χ3n) is 7.30. The Morgan fingerprint density at radius 1 is 1.13 bits per heavy atom. The number of ketones is 2. The summed E-state index contributed by atoms with van der Waals surface area (Å²) in [6, 6.07) is 9.59. The zero-order valence-corrected chi connectivity index (χ0v) is 19.4. The maximum atomic E-state index is 13.8. The Hall–Kier alpha value is -4.81. The molecule has 5 rings (SSSR count). The molecular weight excluding hydrogens is 500 g/mol. The number of hydrogen-bond acceptors (Lipinski definition) is 10. The van der Waals surface area contributed by atoms with Gasteiger partial charge in [0.15, 0.2) is 11.4 Å². The normalized spacial score (nSPS) is 27.6. The van der Waals surface area contributed by atoms with Gasteiger partial charge in [0, 0.05) is 30.4 Å². The topological polar surface area (TPSA) is 222 Å². The molecule has 38 heavy (non-hydrogen) atoms. The Balaban J connectivity index is 1.81. The number of nitro groups is 1. The van der Waals surface area contributed by atoms with Crippen LogP contribution in [0.25, 0.3) is 17.4 Å². The maximum absolute atomic E-state index is 13.8. The molecule has 12 nitrogen and oxygen atoms in total. The zero-order valence-electron chi connectivity index (χ0n) is 19.4. The highest BCUT2D eigenvalue weighted by Gasteiger charge is 2.64. The number of aromatic hydroxyl groups is 1. The summed E-state index contributed by atoms with van der Waals surface area (Å²) in [6.45, 7) is 0. The van der Waals surface area contributed by atoms with Crippen LogP contribution in [-0.2, 0) is 14.4 Å². The quantitative estimate of drug-likeness (QED) is 0.193. The number of phenols is 1. The van der Waals surface area contributed by atoms with Crippen LogP contribution in [0, 0.1) is 22.0 Å². The van der Waals surface area contributed by atoms with Crippen LogP contribution < -0.4 is 5.73 Å². The number of primary amides is 1. The Morgan fingerprint density at radius 3 is 2.47 bits per heavy atom. The number of rotatable bonds is 3. The number of aliphatic hydroxyl groups excluding tert-OH is 3. The van der Waals surface area contributed by atoms with Gasteiger partial charge in [0.1, 0.15) is 22.8 Å². The van der Waals surface area contributed by atoms with Crippen LogP contribution in [0.5, 0.6) is 5.75 Å². The Bertz CT molecular complexity index is 1570. The number of amides is 1. The molecule has 0 spiro atoms. The summed E-state index contributed by atoms with van der Waals surface area (Å²) >= 11 is 0. The van der Waals surface area contributed by atoms with Crippen molar-refractivity contribution < 1.29 is 44.8 Å². The number of nitrogens with zero attached hydrogens (tertiary/aromatic N) is 1. The largest absolute Gasteiger partial charge is 0.508 e. The van der Waals surface area contributed by atoms with Crippen LogP contribution in [0.15, 0.2) is 59.4 Å². The lowest BCUT2D eigenvalue weighted by atomic mass is 9.56. The van der Waals surface area contributed by atoms with Gasteiger partial charge in [-0.1, -0.05) is 30.3 Å². The molecule has 3 aliphatic carbocycles. The van der Waals surface area contributed by atoms with Gasteiger partial charge < -0.3 is 31.3 Å². The monoisotopic (exact) mass is 520 g/mol. The number of nitro benzene ring substituents is 1. The van der Waals surface area contributed by atoms with Crippen molar-refractivity contribution in [3.8, 4) is 5.75 Å². The van der Waals surface area contributed by atoms with E-state index in [-0.39, 0.29) is 28.0 Å². The number of carbonyl (C=O) groups is 3. The van der Waals surface area contributed by atoms with Crippen molar-refractivity contribution in [3.63, 3.8) is 0 Å². The van der Waals surface area contributed by atoms with E-state index in [9.17, 15) is 50.0 Å². The second-order valence-electron chi connectivity index (χ2n) is 9.30. The van der Waals surface area contributed by atoms with Gasteiger partial charge in [0.25, 0.3) is 11.6 Å². The van der Waals surface area contributed by atoms with Crippen molar-refractivity contribution in [1.82, 2.24) is 0 Å².